The molecule has 102 valence electrons. The molecule has 4 nitrogen and oxygen atoms in total. The molecule has 0 unspecified atom stereocenters. The van der Waals surface area contributed by atoms with Gasteiger partial charge in [-0.25, -0.2) is 0 Å². The van der Waals surface area contributed by atoms with Gasteiger partial charge in [0.15, 0.2) is 5.82 Å². The minimum Gasteiger partial charge on any atom is -0.378 e. The molecule has 0 bridgehead atoms. The number of nitrogens with one attached hydrogen (secondary N) is 1. The first-order valence-electron chi connectivity index (χ1n) is 5.31. The number of rotatable bonds is 3. The zero-order valence-electron chi connectivity index (χ0n) is 9.87. The van der Waals surface area contributed by atoms with Crippen LogP contribution in [0.1, 0.15) is 11.4 Å². The lowest BCUT2D eigenvalue weighted by Crippen LogP contribution is -2.09. The Labute approximate surface area is 115 Å². The lowest BCUT2D eigenvalue weighted by atomic mass is 10.2. The predicted octanol–water partition coefficient (Wildman–Crippen LogP) is 3.21. The van der Waals surface area contributed by atoms with Gasteiger partial charge in [-0.1, -0.05) is 15.9 Å². The van der Waals surface area contributed by atoms with E-state index in [0.717, 1.165) is 6.07 Å². The molecule has 1 aromatic carbocycles. The zero-order chi connectivity index (χ0) is 14.0. The summed E-state index contributed by atoms with van der Waals surface area (Å²) in [5.41, 5.74) is -0.339. The summed E-state index contributed by atoms with van der Waals surface area (Å²) in [6.45, 7) is 0.301. The molecule has 0 atom stereocenters. The smallest absolute Gasteiger partial charge is 0.378 e. The summed E-state index contributed by atoms with van der Waals surface area (Å²) in [4.78, 5) is 0. The van der Waals surface area contributed by atoms with Crippen molar-refractivity contribution in [1.29, 1.82) is 0 Å². The van der Waals surface area contributed by atoms with Crippen LogP contribution in [0.15, 0.2) is 29.0 Å². The van der Waals surface area contributed by atoms with Crippen LogP contribution < -0.4 is 5.32 Å². The van der Waals surface area contributed by atoms with Gasteiger partial charge in [0.25, 0.3) is 0 Å². The van der Waals surface area contributed by atoms with Crippen molar-refractivity contribution in [2.24, 2.45) is 7.05 Å². The van der Waals surface area contributed by atoms with E-state index in [0.29, 0.717) is 18.1 Å². The molecule has 0 radical (unpaired) electrons. The van der Waals surface area contributed by atoms with Crippen molar-refractivity contribution < 1.29 is 13.2 Å². The van der Waals surface area contributed by atoms with Crippen LogP contribution in [-0.2, 0) is 19.8 Å². The molecule has 2 rings (SSSR count). The summed E-state index contributed by atoms with van der Waals surface area (Å²) in [6, 6.07) is 3.98. The molecule has 1 N–H and O–H groups in total. The number of hydrogen-bond acceptors (Lipinski definition) is 3. The second-order valence-electron chi connectivity index (χ2n) is 3.90. The lowest BCUT2D eigenvalue weighted by molar-refractivity contribution is -0.138. The monoisotopic (exact) mass is 334 g/mol. The molecular formula is C11H10BrF3N4. The third-order valence-corrected chi connectivity index (χ3v) is 3.22. The number of nitrogens with zero attached hydrogens (tertiary/aromatic N) is 3. The number of benzene rings is 1. The average Bonchev–Trinajstić information content (AvgIpc) is 2.72. The van der Waals surface area contributed by atoms with E-state index in [4.69, 9.17) is 0 Å². The molecular weight excluding hydrogens is 325 g/mol. The third-order valence-electron chi connectivity index (χ3n) is 2.53. The molecule has 0 saturated carbocycles. The fourth-order valence-electron chi connectivity index (χ4n) is 1.50. The van der Waals surface area contributed by atoms with Crippen molar-refractivity contribution in [2.75, 3.05) is 5.32 Å². The summed E-state index contributed by atoms with van der Waals surface area (Å²) in [7, 11) is 1.76. The zero-order valence-corrected chi connectivity index (χ0v) is 11.5. The summed E-state index contributed by atoms with van der Waals surface area (Å²) in [5, 5.41) is 10.4. The van der Waals surface area contributed by atoms with E-state index in [1.54, 1.807) is 17.7 Å². The Kier molecular flexibility index (Phi) is 3.79. The maximum Gasteiger partial charge on any atom is 0.417 e. The minimum absolute atomic E-state index is 0.0178. The van der Waals surface area contributed by atoms with Crippen LogP contribution in [0.25, 0.3) is 0 Å². The summed E-state index contributed by atoms with van der Waals surface area (Å²) in [5.74, 6) is 0.636. The van der Waals surface area contributed by atoms with Gasteiger partial charge in [0, 0.05) is 17.2 Å². The second kappa shape index (κ2) is 5.20. The number of aryl methyl sites for hydroxylation is 1. The quantitative estimate of drug-likeness (QED) is 0.937. The predicted molar refractivity (Wildman–Crippen MR) is 67.5 cm³/mol. The Hall–Kier alpha value is -1.57. The molecule has 19 heavy (non-hydrogen) atoms. The highest BCUT2D eigenvalue weighted by atomic mass is 79.9. The first-order valence-corrected chi connectivity index (χ1v) is 6.10. The number of alkyl halides is 3. The topological polar surface area (TPSA) is 42.7 Å². The van der Waals surface area contributed by atoms with Gasteiger partial charge in [-0.2, -0.15) is 13.2 Å². The molecule has 1 aromatic heterocycles. The summed E-state index contributed by atoms with van der Waals surface area (Å²) in [6.07, 6.45) is -2.86. The highest BCUT2D eigenvalue weighted by molar-refractivity contribution is 9.10. The Morgan fingerprint density at radius 2 is 2.11 bits per heavy atom. The fraction of sp³-hybridized carbons (Fsp3) is 0.273. The van der Waals surface area contributed by atoms with Gasteiger partial charge in [0.2, 0.25) is 0 Å². The van der Waals surface area contributed by atoms with E-state index in [9.17, 15) is 13.2 Å². The number of anilines is 1. The molecule has 0 aliphatic rings. The maximum atomic E-state index is 12.7. The van der Waals surface area contributed by atoms with Crippen LogP contribution in [0, 0.1) is 0 Å². The number of halogens is 4. The molecule has 0 saturated heterocycles. The van der Waals surface area contributed by atoms with Crippen molar-refractivity contribution in [3.8, 4) is 0 Å². The van der Waals surface area contributed by atoms with Gasteiger partial charge in [0.05, 0.1) is 12.1 Å². The highest BCUT2D eigenvalue weighted by Gasteiger charge is 2.33. The van der Waals surface area contributed by atoms with Crippen LogP contribution >= 0.6 is 15.9 Å². The lowest BCUT2D eigenvalue weighted by Gasteiger charge is -2.12. The Bertz CT molecular complexity index is 580. The molecule has 8 heteroatoms. The van der Waals surface area contributed by atoms with E-state index < -0.39 is 11.7 Å². The normalized spacial score (nSPS) is 11.6. The van der Waals surface area contributed by atoms with Gasteiger partial charge in [0.1, 0.15) is 6.33 Å². The summed E-state index contributed by atoms with van der Waals surface area (Å²) >= 11 is 2.89. The van der Waals surface area contributed by atoms with Gasteiger partial charge >= 0.3 is 6.18 Å². The van der Waals surface area contributed by atoms with Crippen molar-refractivity contribution in [3.05, 3.63) is 40.4 Å². The van der Waals surface area contributed by atoms with Crippen LogP contribution in [0.3, 0.4) is 0 Å². The molecule has 0 aliphatic carbocycles. The highest BCUT2D eigenvalue weighted by Crippen LogP contribution is 2.36. The van der Waals surface area contributed by atoms with E-state index in [-0.39, 0.29) is 4.47 Å². The number of hydrogen-bond donors (Lipinski definition) is 1. The molecule has 1 heterocycles. The van der Waals surface area contributed by atoms with Crippen LogP contribution in [0.2, 0.25) is 0 Å². The largest absolute Gasteiger partial charge is 0.417 e. The first-order chi connectivity index (χ1) is 8.88. The van der Waals surface area contributed by atoms with E-state index >= 15 is 0 Å². The minimum atomic E-state index is -4.39. The van der Waals surface area contributed by atoms with Gasteiger partial charge in [-0.3, -0.25) is 0 Å². The van der Waals surface area contributed by atoms with E-state index in [2.05, 4.69) is 31.4 Å². The average molecular weight is 335 g/mol. The Balaban J connectivity index is 2.16. The summed E-state index contributed by atoms with van der Waals surface area (Å²) < 4.78 is 39.9. The Morgan fingerprint density at radius 1 is 1.37 bits per heavy atom. The molecule has 2 aromatic rings. The third kappa shape index (κ3) is 3.25. The first kappa shape index (κ1) is 13.9. The molecule has 0 spiro atoms. The van der Waals surface area contributed by atoms with Crippen LogP contribution in [0.5, 0.6) is 0 Å². The maximum absolute atomic E-state index is 12.7. The molecule has 0 aliphatic heterocycles. The molecule has 0 fully saturated rings. The number of aromatic nitrogens is 3. The van der Waals surface area contributed by atoms with Gasteiger partial charge < -0.3 is 9.88 Å². The van der Waals surface area contributed by atoms with E-state index in [1.165, 1.54) is 12.4 Å². The van der Waals surface area contributed by atoms with Crippen molar-refractivity contribution in [3.63, 3.8) is 0 Å². The second-order valence-corrected chi connectivity index (χ2v) is 4.76. The van der Waals surface area contributed by atoms with Crippen molar-refractivity contribution >= 4 is 21.6 Å². The van der Waals surface area contributed by atoms with Crippen LogP contribution in [-0.4, -0.2) is 14.8 Å². The van der Waals surface area contributed by atoms with Crippen LogP contribution in [0.4, 0.5) is 18.9 Å². The van der Waals surface area contributed by atoms with Gasteiger partial charge in [-0.15, -0.1) is 10.2 Å². The Morgan fingerprint density at radius 3 is 2.68 bits per heavy atom. The fourth-order valence-corrected chi connectivity index (χ4v) is 1.97. The van der Waals surface area contributed by atoms with E-state index in [1.807, 2.05) is 0 Å². The van der Waals surface area contributed by atoms with Gasteiger partial charge in [-0.05, 0) is 18.2 Å². The van der Waals surface area contributed by atoms with Crippen molar-refractivity contribution in [1.82, 2.24) is 14.8 Å². The standard InChI is InChI=1S/C11H10BrF3N4/c1-19-6-17-18-10(19)5-16-7-2-3-9(12)8(4-7)11(13,14)15/h2-4,6,16H,5H2,1H3. The SMILES string of the molecule is Cn1cnnc1CNc1ccc(Br)c(C(F)(F)F)c1. The molecule has 0 amide bonds. The van der Waals surface area contributed by atoms with Crippen molar-refractivity contribution in [2.45, 2.75) is 12.7 Å².